The number of halogens is 3. The Balaban J connectivity index is 1.57. The lowest BCUT2D eigenvalue weighted by Gasteiger charge is -2.40. The molecule has 3 rings (SSSR count). The van der Waals surface area contributed by atoms with Gasteiger partial charge in [0.1, 0.15) is 12.0 Å². The van der Waals surface area contributed by atoms with Crippen LogP contribution < -0.4 is 0 Å². The van der Waals surface area contributed by atoms with E-state index in [1.807, 2.05) is 0 Å². The van der Waals surface area contributed by atoms with Crippen LogP contribution in [0, 0.1) is 0 Å². The number of β-amino-alcohol motifs (C(OH)–C–C–N with tert-alkyl or cyclic N) is 1. The predicted molar refractivity (Wildman–Crippen MR) is 83.5 cm³/mol. The fraction of sp³-hybridized carbons (Fsp3) is 0.765. The normalized spacial score (nSPS) is 23.3. The van der Waals surface area contributed by atoms with Gasteiger partial charge < -0.3 is 10.0 Å². The van der Waals surface area contributed by atoms with Gasteiger partial charge in [0, 0.05) is 18.2 Å². The molecule has 0 amide bonds. The van der Waals surface area contributed by atoms with Crippen molar-refractivity contribution in [3.63, 3.8) is 0 Å². The van der Waals surface area contributed by atoms with E-state index in [4.69, 9.17) is 0 Å². The van der Waals surface area contributed by atoms with Crippen molar-refractivity contribution in [2.45, 2.75) is 62.6 Å². The SMILES string of the molecule is OC1(CN2CCC(c3cc(C(F)(F)F)ncn3)CC2)CCCCC1. The van der Waals surface area contributed by atoms with Gasteiger partial charge in [-0.15, -0.1) is 0 Å². The molecule has 134 valence electrons. The molecule has 1 aliphatic carbocycles. The molecule has 2 heterocycles. The third-order valence-electron chi connectivity index (χ3n) is 5.29. The highest BCUT2D eigenvalue weighted by Crippen LogP contribution is 2.34. The fourth-order valence-electron chi connectivity index (χ4n) is 3.92. The van der Waals surface area contributed by atoms with Crippen LogP contribution in [0.5, 0.6) is 0 Å². The number of alkyl halides is 3. The summed E-state index contributed by atoms with van der Waals surface area (Å²) in [7, 11) is 0. The van der Waals surface area contributed by atoms with Crippen LogP contribution in [0.25, 0.3) is 0 Å². The van der Waals surface area contributed by atoms with E-state index in [1.165, 1.54) is 6.42 Å². The molecule has 1 saturated carbocycles. The number of hydrogen-bond donors (Lipinski definition) is 1. The summed E-state index contributed by atoms with van der Waals surface area (Å²) in [6, 6.07) is 1.08. The van der Waals surface area contributed by atoms with Gasteiger partial charge >= 0.3 is 6.18 Å². The number of aliphatic hydroxyl groups is 1. The zero-order chi connectivity index (χ0) is 17.2. The van der Waals surface area contributed by atoms with Crippen molar-refractivity contribution >= 4 is 0 Å². The average Bonchev–Trinajstić information content (AvgIpc) is 2.55. The van der Waals surface area contributed by atoms with E-state index in [0.29, 0.717) is 12.2 Å². The molecule has 0 spiro atoms. The second-order valence-corrected chi connectivity index (χ2v) is 7.16. The number of rotatable bonds is 3. The van der Waals surface area contributed by atoms with E-state index in [2.05, 4.69) is 14.9 Å². The van der Waals surface area contributed by atoms with Gasteiger partial charge in [0.2, 0.25) is 0 Å². The third kappa shape index (κ3) is 4.25. The Bertz CT molecular complexity index is 550. The molecule has 24 heavy (non-hydrogen) atoms. The van der Waals surface area contributed by atoms with Crippen LogP contribution in [0.1, 0.15) is 62.3 Å². The summed E-state index contributed by atoms with van der Waals surface area (Å²) >= 11 is 0. The van der Waals surface area contributed by atoms with E-state index >= 15 is 0 Å². The standard InChI is InChI=1S/C17H24F3N3O/c18-17(19,20)15-10-14(21-12-22-15)13-4-8-23(9-5-13)11-16(24)6-2-1-3-7-16/h10,12-13,24H,1-9,11H2. The number of piperidine rings is 1. The van der Waals surface area contributed by atoms with E-state index in [9.17, 15) is 18.3 Å². The number of nitrogens with zero attached hydrogens (tertiary/aromatic N) is 3. The van der Waals surface area contributed by atoms with E-state index in [1.54, 1.807) is 0 Å². The first-order valence-corrected chi connectivity index (χ1v) is 8.70. The van der Waals surface area contributed by atoms with Crippen molar-refractivity contribution < 1.29 is 18.3 Å². The lowest BCUT2D eigenvalue weighted by atomic mass is 9.83. The van der Waals surface area contributed by atoms with Crippen LogP contribution in [0.4, 0.5) is 13.2 Å². The van der Waals surface area contributed by atoms with Crippen LogP contribution in [0.15, 0.2) is 12.4 Å². The molecule has 1 aliphatic heterocycles. The lowest BCUT2D eigenvalue weighted by molar-refractivity contribution is -0.141. The Morgan fingerprint density at radius 2 is 1.79 bits per heavy atom. The minimum Gasteiger partial charge on any atom is -0.389 e. The summed E-state index contributed by atoms with van der Waals surface area (Å²) in [6.07, 6.45) is 3.18. The summed E-state index contributed by atoms with van der Waals surface area (Å²) in [5.74, 6) is 0.0337. The van der Waals surface area contributed by atoms with Gasteiger partial charge in [0.15, 0.2) is 0 Å². The third-order valence-corrected chi connectivity index (χ3v) is 5.29. The van der Waals surface area contributed by atoms with Gasteiger partial charge in [0.05, 0.1) is 5.60 Å². The molecule has 0 aromatic carbocycles. The molecule has 1 saturated heterocycles. The second-order valence-electron chi connectivity index (χ2n) is 7.16. The minimum absolute atomic E-state index is 0.0337. The minimum atomic E-state index is -4.43. The number of hydrogen-bond acceptors (Lipinski definition) is 4. The molecule has 1 aromatic rings. The average molecular weight is 343 g/mol. The van der Waals surface area contributed by atoms with Gasteiger partial charge in [-0.25, -0.2) is 9.97 Å². The summed E-state index contributed by atoms with van der Waals surface area (Å²) < 4.78 is 38.3. The molecule has 4 nitrogen and oxygen atoms in total. The highest BCUT2D eigenvalue weighted by Gasteiger charge is 2.35. The van der Waals surface area contributed by atoms with E-state index in [-0.39, 0.29) is 5.92 Å². The Morgan fingerprint density at radius 1 is 1.12 bits per heavy atom. The monoisotopic (exact) mass is 343 g/mol. The summed E-state index contributed by atoms with van der Waals surface area (Å²) in [5, 5.41) is 10.6. The van der Waals surface area contributed by atoms with Gasteiger partial charge in [-0.2, -0.15) is 13.2 Å². The lowest BCUT2D eigenvalue weighted by Crippen LogP contribution is -2.47. The first-order valence-electron chi connectivity index (χ1n) is 8.70. The molecule has 0 bridgehead atoms. The molecule has 1 aromatic heterocycles. The Kier molecular flexibility index (Phi) is 5.11. The highest BCUT2D eigenvalue weighted by molar-refractivity contribution is 5.15. The summed E-state index contributed by atoms with van der Waals surface area (Å²) in [5.41, 5.74) is -0.969. The zero-order valence-corrected chi connectivity index (χ0v) is 13.7. The Morgan fingerprint density at radius 3 is 2.42 bits per heavy atom. The van der Waals surface area contributed by atoms with Gasteiger partial charge in [-0.1, -0.05) is 19.3 Å². The Hall–Kier alpha value is -1.21. The molecular formula is C17H24F3N3O. The summed E-state index contributed by atoms with van der Waals surface area (Å²) in [6.45, 7) is 2.26. The Labute approximate surface area is 140 Å². The fourth-order valence-corrected chi connectivity index (χ4v) is 3.92. The molecular weight excluding hydrogens is 319 g/mol. The summed E-state index contributed by atoms with van der Waals surface area (Å²) in [4.78, 5) is 9.62. The topological polar surface area (TPSA) is 49.2 Å². The number of aromatic nitrogens is 2. The molecule has 2 aliphatic rings. The quantitative estimate of drug-likeness (QED) is 0.914. The van der Waals surface area contributed by atoms with Gasteiger partial charge in [0.25, 0.3) is 0 Å². The second kappa shape index (κ2) is 6.96. The maximum atomic E-state index is 12.8. The molecule has 0 unspecified atom stereocenters. The van der Waals surface area contributed by atoms with Crippen molar-refractivity contribution in [1.29, 1.82) is 0 Å². The van der Waals surface area contributed by atoms with Crippen molar-refractivity contribution in [2.24, 2.45) is 0 Å². The van der Waals surface area contributed by atoms with Gasteiger partial charge in [-0.05, 0) is 44.8 Å². The van der Waals surface area contributed by atoms with Crippen molar-refractivity contribution in [3.8, 4) is 0 Å². The largest absolute Gasteiger partial charge is 0.433 e. The molecule has 1 N–H and O–H groups in total. The van der Waals surface area contributed by atoms with Crippen LogP contribution in [0.2, 0.25) is 0 Å². The van der Waals surface area contributed by atoms with Gasteiger partial charge in [-0.3, -0.25) is 0 Å². The van der Waals surface area contributed by atoms with Crippen LogP contribution >= 0.6 is 0 Å². The van der Waals surface area contributed by atoms with Crippen LogP contribution in [-0.4, -0.2) is 45.2 Å². The maximum Gasteiger partial charge on any atom is 0.433 e. The zero-order valence-electron chi connectivity index (χ0n) is 13.7. The molecule has 0 radical (unpaired) electrons. The smallest absolute Gasteiger partial charge is 0.389 e. The van der Waals surface area contributed by atoms with Crippen molar-refractivity contribution in [3.05, 3.63) is 23.8 Å². The van der Waals surface area contributed by atoms with E-state index < -0.39 is 17.5 Å². The van der Waals surface area contributed by atoms with E-state index in [0.717, 1.165) is 64.0 Å². The predicted octanol–water partition coefficient (Wildman–Crippen LogP) is 3.37. The first kappa shape index (κ1) is 17.6. The van der Waals surface area contributed by atoms with Crippen LogP contribution in [-0.2, 0) is 6.18 Å². The maximum absolute atomic E-state index is 12.8. The molecule has 2 fully saturated rings. The van der Waals surface area contributed by atoms with Crippen molar-refractivity contribution in [2.75, 3.05) is 19.6 Å². The first-order chi connectivity index (χ1) is 11.4. The number of likely N-dealkylation sites (tertiary alicyclic amines) is 1. The van der Waals surface area contributed by atoms with Crippen molar-refractivity contribution in [1.82, 2.24) is 14.9 Å². The van der Waals surface area contributed by atoms with Crippen LogP contribution in [0.3, 0.4) is 0 Å². The molecule has 0 atom stereocenters. The molecule has 7 heteroatoms. The highest BCUT2D eigenvalue weighted by atomic mass is 19.4.